The number of aliphatic hydroxyl groups excluding tert-OH is 1. The number of ketones is 1. The molecule has 1 amide bonds. The van der Waals surface area contributed by atoms with Crippen LogP contribution in [0, 0.1) is 5.82 Å². The monoisotopic (exact) mass is 498 g/mol. The summed E-state index contributed by atoms with van der Waals surface area (Å²) < 4.78 is 24.9. The first-order chi connectivity index (χ1) is 17.4. The molecule has 8 heteroatoms. The van der Waals surface area contributed by atoms with Crippen LogP contribution >= 0.6 is 0 Å². The van der Waals surface area contributed by atoms with Crippen LogP contribution in [-0.2, 0) is 9.59 Å². The highest BCUT2D eigenvalue weighted by Gasteiger charge is 2.46. The number of carbonyl (C=O) groups is 2. The van der Waals surface area contributed by atoms with Gasteiger partial charge in [0.2, 0.25) is 0 Å². The minimum Gasteiger partial charge on any atom is -0.507 e. The summed E-state index contributed by atoms with van der Waals surface area (Å²) in [4.78, 5) is 30.2. The first-order valence-corrected chi connectivity index (χ1v) is 12.5. The van der Waals surface area contributed by atoms with Crippen molar-refractivity contribution in [1.82, 2.24) is 9.80 Å². The van der Waals surface area contributed by atoms with Crippen molar-refractivity contribution in [3.63, 3.8) is 0 Å². The predicted molar refractivity (Wildman–Crippen MR) is 137 cm³/mol. The molecule has 1 N–H and O–H groups in total. The fourth-order valence-electron chi connectivity index (χ4n) is 4.46. The molecule has 36 heavy (non-hydrogen) atoms. The van der Waals surface area contributed by atoms with Gasteiger partial charge in [0.25, 0.3) is 11.7 Å². The maximum Gasteiger partial charge on any atom is 0.295 e. The Morgan fingerprint density at radius 3 is 2.22 bits per heavy atom. The Morgan fingerprint density at radius 1 is 0.972 bits per heavy atom. The number of carbonyl (C=O) groups excluding carboxylic acids is 2. The van der Waals surface area contributed by atoms with Crippen LogP contribution in [0.1, 0.15) is 51.3 Å². The smallest absolute Gasteiger partial charge is 0.295 e. The Morgan fingerprint density at radius 2 is 1.61 bits per heavy atom. The van der Waals surface area contributed by atoms with E-state index in [-0.39, 0.29) is 16.9 Å². The highest BCUT2D eigenvalue weighted by Crippen LogP contribution is 2.42. The first-order valence-electron chi connectivity index (χ1n) is 12.5. The summed E-state index contributed by atoms with van der Waals surface area (Å²) in [5.41, 5.74) is 0.854. The Labute approximate surface area is 212 Å². The van der Waals surface area contributed by atoms with E-state index < -0.39 is 23.5 Å². The second kappa shape index (κ2) is 12.5. The van der Waals surface area contributed by atoms with Crippen LogP contribution in [0.2, 0.25) is 0 Å². The molecule has 0 saturated carbocycles. The van der Waals surface area contributed by atoms with Crippen molar-refractivity contribution in [1.29, 1.82) is 0 Å². The van der Waals surface area contributed by atoms with Crippen LogP contribution in [0.3, 0.4) is 0 Å². The van der Waals surface area contributed by atoms with Gasteiger partial charge in [0.15, 0.2) is 11.5 Å². The van der Waals surface area contributed by atoms with E-state index in [2.05, 4.69) is 18.7 Å². The number of hydrogen-bond donors (Lipinski definition) is 1. The standard InChI is InChI=1S/C28H35FN2O5/c1-5-30(6-2)16-9-17-31-25(20-12-15-22(35-7-3)23(18-20)36-8-4)24(27(33)28(31)34)26(32)19-10-13-21(29)14-11-19/h10-15,18,25,32H,5-9,16-17H2,1-4H3/b26-24+/t25-/m0/s1. The fourth-order valence-corrected chi connectivity index (χ4v) is 4.46. The maximum atomic E-state index is 13.5. The van der Waals surface area contributed by atoms with Crippen molar-refractivity contribution in [3.05, 3.63) is 65.0 Å². The molecule has 0 spiro atoms. The second-order valence-corrected chi connectivity index (χ2v) is 8.45. The zero-order valence-corrected chi connectivity index (χ0v) is 21.4. The molecule has 0 radical (unpaired) electrons. The van der Waals surface area contributed by atoms with E-state index >= 15 is 0 Å². The minimum absolute atomic E-state index is 0.0268. The summed E-state index contributed by atoms with van der Waals surface area (Å²) in [7, 11) is 0. The Hall–Kier alpha value is -3.39. The summed E-state index contributed by atoms with van der Waals surface area (Å²) in [6.07, 6.45) is 0.664. The zero-order valence-electron chi connectivity index (χ0n) is 21.4. The van der Waals surface area contributed by atoms with Crippen LogP contribution < -0.4 is 9.47 Å². The van der Waals surface area contributed by atoms with Crippen LogP contribution in [0.4, 0.5) is 4.39 Å². The first kappa shape index (κ1) is 27.2. The molecule has 1 fully saturated rings. The summed E-state index contributed by atoms with van der Waals surface area (Å²) >= 11 is 0. The van der Waals surface area contributed by atoms with Crippen molar-refractivity contribution in [3.8, 4) is 11.5 Å². The third-order valence-corrected chi connectivity index (χ3v) is 6.31. The van der Waals surface area contributed by atoms with Gasteiger partial charge in [0, 0.05) is 12.1 Å². The molecule has 1 saturated heterocycles. The van der Waals surface area contributed by atoms with Gasteiger partial charge in [-0.25, -0.2) is 4.39 Å². The molecule has 194 valence electrons. The van der Waals surface area contributed by atoms with Crippen molar-refractivity contribution in [2.24, 2.45) is 0 Å². The van der Waals surface area contributed by atoms with Crippen molar-refractivity contribution < 1.29 is 28.6 Å². The van der Waals surface area contributed by atoms with E-state index in [0.717, 1.165) is 19.6 Å². The van der Waals surface area contributed by atoms with Gasteiger partial charge in [0.1, 0.15) is 11.6 Å². The number of ether oxygens (including phenoxy) is 2. The highest BCUT2D eigenvalue weighted by molar-refractivity contribution is 6.46. The van der Waals surface area contributed by atoms with Gasteiger partial charge in [0.05, 0.1) is 24.8 Å². The number of rotatable bonds is 12. The van der Waals surface area contributed by atoms with E-state index in [1.165, 1.54) is 29.2 Å². The van der Waals surface area contributed by atoms with Gasteiger partial charge in [-0.3, -0.25) is 9.59 Å². The molecule has 2 aromatic carbocycles. The number of Topliss-reactive ketones (excluding diaryl/α,β-unsaturated/α-hetero) is 1. The third kappa shape index (κ3) is 5.87. The van der Waals surface area contributed by atoms with E-state index in [9.17, 15) is 19.1 Å². The molecule has 0 unspecified atom stereocenters. The van der Waals surface area contributed by atoms with E-state index in [1.54, 1.807) is 18.2 Å². The van der Waals surface area contributed by atoms with Crippen LogP contribution in [-0.4, -0.2) is 66.0 Å². The van der Waals surface area contributed by atoms with Gasteiger partial charge in [-0.1, -0.05) is 19.9 Å². The molecule has 0 bridgehead atoms. The van der Waals surface area contributed by atoms with Crippen LogP contribution in [0.25, 0.3) is 5.76 Å². The largest absolute Gasteiger partial charge is 0.507 e. The number of likely N-dealkylation sites (tertiary alicyclic amines) is 1. The summed E-state index contributed by atoms with van der Waals surface area (Å²) in [5.74, 6) is -1.19. The van der Waals surface area contributed by atoms with Gasteiger partial charge in [-0.2, -0.15) is 0 Å². The number of hydrogen-bond acceptors (Lipinski definition) is 6. The normalized spacial score (nSPS) is 17.2. The van der Waals surface area contributed by atoms with Crippen molar-refractivity contribution >= 4 is 17.4 Å². The van der Waals surface area contributed by atoms with Gasteiger partial charge in [-0.05, 0) is 81.9 Å². The van der Waals surface area contributed by atoms with Crippen LogP contribution in [0.5, 0.6) is 11.5 Å². The topological polar surface area (TPSA) is 79.3 Å². The molecular formula is C28H35FN2O5. The SMILES string of the molecule is CCOc1ccc([C@H]2/C(=C(\O)c3ccc(F)cc3)C(=O)C(=O)N2CCCN(CC)CC)cc1OCC. The molecule has 7 nitrogen and oxygen atoms in total. The number of benzene rings is 2. The lowest BCUT2D eigenvalue weighted by molar-refractivity contribution is -0.140. The Balaban J connectivity index is 2.09. The van der Waals surface area contributed by atoms with Gasteiger partial charge in [-0.15, -0.1) is 0 Å². The average Bonchev–Trinajstić information content (AvgIpc) is 3.13. The molecular weight excluding hydrogens is 463 g/mol. The summed E-state index contributed by atoms with van der Waals surface area (Å²) in [6.45, 7) is 11.6. The van der Waals surface area contributed by atoms with Crippen molar-refractivity contribution in [2.75, 3.05) is 39.4 Å². The predicted octanol–water partition coefficient (Wildman–Crippen LogP) is 4.78. The molecule has 1 aliphatic heterocycles. The molecule has 1 heterocycles. The number of nitrogens with zero attached hydrogens (tertiary/aromatic N) is 2. The molecule has 3 rings (SSSR count). The third-order valence-electron chi connectivity index (χ3n) is 6.31. The lowest BCUT2D eigenvalue weighted by atomic mass is 9.95. The molecule has 1 aliphatic rings. The summed E-state index contributed by atoms with van der Waals surface area (Å²) in [6, 6.07) is 9.64. The second-order valence-electron chi connectivity index (χ2n) is 8.45. The lowest BCUT2D eigenvalue weighted by Crippen LogP contribution is -2.33. The van der Waals surface area contributed by atoms with E-state index in [0.29, 0.717) is 43.2 Å². The minimum atomic E-state index is -0.818. The lowest BCUT2D eigenvalue weighted by Gasteiger charge is -2.27. The number of aliphatic hydroxyl groups is 1. The van der Waals surface area contributed by atoms with Gasteiger partial charge < -0.3 is 24.4 Å². The summed E-state index contributed by atoms with van der Waals surface area (Å²) in [5, 5.41) is 11.1. The quantitative estimate of drug-likeness (QED) is 0.258. The Bertz CT molecular complexity index is 1100. The Kier molecular flexibility index (Phi) is 9.47. The number of halogens is 1. The molecule has 1 atom stereocenters. The molecule has 0 aromatic heterocycles. The van der Waals surface area contributed by atoms with Crippen LogP contribution in [0.15, 0.2) is 48.0 Å². The molecule has 0 aliphatic carbocycles. The highest BCUT2D eigenvalue weighted by atomic mass is 19.1. The van der Waals surface area contributed by atoms with E-state index in [1.807, 2.05) is 13.8 Å². The fraction of sp³-hybridized carbons (Fsp3) is 0.429. The molecule has 2 aromatic rings. The zero-order chi connectivity index (χ0) is 26.2. The maximum absolute atomic E-state index is 13.5. The average molecular weight is 499 g/mol. The number of amides is 1. The van der Waals surface area contributed by atoms with Crippen molar-refractivity contribution in [2.45, 2.75) is 40.2 Å². The van der Waals surface area contributed by atoms with E-state index in [4.69, 9.17) is 9.47 Å². The van der Waals surface area contributed by atoms with Gasteiger partial charge >= 0.3 is 0 Å².